The normalized spacial score (nSPS) is 20.2. The average molecular weight is 281 g/mol. The summed E-state index contributed by atoms with van der Waals surface area (Å²) in [6.45, 7) is 6.43. The van der Waals surface area contributed by atoms with Gasteiger partial charge in [0, 0.05) is 25.1 Å². The smallest absolute Gasteiger partial charge is 0.227 e. The third-order valence-corrected chi connectivity index (χ3v) is 3.42. The van der Waals surface area contributed by atoms with Crippen molar-refractivity contribution in [1.29, 1.82) is 0 Å². The van der Waals surface area contributed by atoms with Gasteiger partial charge in [0.2, 0.25) is 5.91 Å². The van der Waals surface area contributed by atoms with Crippen molar-refractivity contribution in [1.82, 2.24) is 4.98 Å². The number of rotatable bonds is 2. The van der Waals surface area contributed by atoms with Crippen molar-refractivity contribution in [3.63, 3.8) is 0 Å². The lowest BCUT2D eigenvalue weighted by Gasteiger charge is -2.19. The number of pyridine rings is 1. The van der Waals surface area contributed by atoms with E-state index < -0.39 is 0 Å². The molecule has 0 aromatic carbocycles. The minimum Gasteiger partial charge on any atom is -0.309 e. The predicted octanol–water partition coefficient (Wildman–Crippen LogP) is 2.69. The molecule has 0 bridgehead atoms. The minimum absolute atomic E-state index is 0.140. The molecular weight excluding hydrogens is 268 g/mol. The van der Waals surface area contributed by atoms with Crippen LogP contribution in [0.25, 0.3) is 0 Å². The lowest BCUT2D eigenvalue weighted by molar-refractivity contribution is -0.117. The molecule has 16 heavy (non-hydrogen) atoms. The average Bonchev–Trinajstić information content (AvgIpc) is 2.60. The van der Waals surface area contributed by atoms with Crippen LogP contribution in [0.2, 0.25) is 0 Å². The van der Waals surface area contributed by atoms with Crippen molar-refractivity contribution in [2.75, 3.05) is 11.4 Å². The molecule has 1 unspecified atom stereocenters. The standard InChI is InChI=1S/C12H13BrN2O/c1-3-9-6-10(16)15(7-9)11-8(2)4-5-14-12(11)13/h3-5,9H,1,6-7H2,2H3. The summed E-state index contributed by atoms with van der Waals surface area (Å²) >= 11 is 3.40. The Labute approximate surface area is 103 Å². The molecule has 0 aliphatic carbocycles. The van der Waals surface area contributed by atoms with Gasteiger partial charge < -0.3 is 4.90 Å². The zero-order chi connectivity index (χ0) is 11.7. The zero-order valence-corrected chi connectivity index (χ0v) is 10.7. The van der Waals surface area contributed by atoms with Crippen LogP contribution in [0.4, 0.5) is 5.69 Å². The fraction of sp³-hybridized carbons (Fsp3) is 0.333. The summed E-state index contributed by atoms with van der Waals surface area (Å²) in [6, 6.07) is 1.91. The Bertz CT molecular complexity index is 424. The Morgan fingerprint density at radius 1 is 1.69 bits per heavy atom. The van der Waals surface area contributed by atoms with Crippen molar-refractivity contribution in [2.24, 2.45) is 5.92 Å². The minimum atomic E-state index is 0.140. The van der Waals surface area contributed by atoms with Gasteiger partial charge in [-0.2, -0.15) is 0 Å². The van der Waals surface area contributed by atoms with Gasteiger partial charge in [0.1, 0.15) is 4.60 Å². The van der Waals surface area contributed by atoms with E-state index in [0.717, 1.165) is 15.9 Å². The molecule has 3 nitrogen and oxygen atoms in total. The van der Waals surface area contributed by atoms with Crippen LogP contribution >= 0.6 is 15.9 Å². The van der Waals surface area contributed by atoms with Crippen LogP contribution in [0.15, 0.2) is 29.5 Å². The Kier molecular flexibility index (Phi) is 3.10. The maximum absolute atomic E-state index is 11.9. The van der Waals surface area contributed by atoms with Crippen LogP contribution in [0, 0.1) is 12.8 Å². The van der Waals surface area contributed by atoms with Crippen LogP contribution in [0.1, 0.15) is 12.0 Å². The molecule has 0 radical (unpaired) electrons. The maximum Gasteiger partial charge on any atom is 0.227 e. The van der Waals surface area contributed by atoms with Crippen molar-refractivity contribution >= 4 is 27.5 Å². The van der Waals surface area contributed by atoms with Crippen LogP contribution in [0.3, 0.4) is 0 Å². The number of halogens is 1. The molecule has 1 aliphatic rings. The first-order chi connectivity index (χ1) is 7.63. The second-order valence-corrected chi connectivity index (χ2v) is 4.72. The van der Waals surface area contributed by atoms with Gasteiger partial charge in [-0.1, -0.05) is 6.08 Å². The fourth-order valence-electron chi connectivity index (χ4n) is 1.95. The summed E-state index contributed by atoms with van der Waals surface area (Å²) in [4.78, 5) is 17.8. The van der Waals surface area contributed by atoms with Gasteiger partial charge in [0.05, 0.1) is 5.69 Å². The molecule has 1 aromatic rings. The first kappa shape index (κ1) is 11.3. The van der Waals surface area contributed by atoms with Gasteiger partial charge >= 0.3 is 0 Å². The highest BCUT2D eigenvalue weighted by Gasteiger charge is 2.30. The quantitative estimate of drug-likeness (QED) is 0.617. The summed E-state index contributed by atoms with van der Waals surface area (Å²) in [5.41, 5.74) is 1.94. The molecule has 1 saturated heterocycles. The highest BCUT2D eigenvalue weighted by Crippen LogP contribution is 2.32. The van der Waals surface area contributed by atoms with Crippen molar-refractivity contribution < 1.29 is 4.79 Å². The number of anilines is 1. The number of hydrogen-bond acceptors (Lipinski definition) is 2. The van der Waals surface area contributed by atoms with E-state index in [1.165, 1.54) is 0 Å². The number of carbonyl (C=O) groups is 1. The number of hydrogen-bond donors (Lipinski definition) is 0. The van der Waals surface area contributed by atoms with E-state index in [9.17, 15) is 4.79 Å². The van der Waals surface area contributed by atoms with Gasteiger partial charge in [-0.15, -0.1) is 6.58 Å². The first-order valence-corrected chi connectivity index (χ1v) is 5.96. The summed E-state index contributed by atoms with van der Waals surface area (Å²) in [5, 5.41) is 0. The Balaban J connectivity index is 2.38. The molecular formula is C12H13BrN2O. The summed E-state index contributed by atoms with van der Waals surface area (Å²) in [7, 11) is 0. The van der Waals surface area contributed by atoms with E-state index in [1.54, 1.807) is 11.1 Å². The predicted molar refractivity (Wildman–Crippen MR) is 67.3 cm³/mol. The number of aromatic nitrogens is 1. The molecule has 1 atom stereocenters. The third-order valence-electron chi connectivity index (χ3n) is 2.84. The molecule has 0 N–H and O–H groups in total. The lowest BCUT2D eigenvalue weighted by atomic mass is 10.1. The lowest BCUT2D eigenvalue weighted by Crippen LogP contribution is -2.25. The Hall–Kier alpha value is -1.16. The van der Waals surface area contributed by atoms with Crippen LogP contribution in [-0.4, -0.2) is 17.4 Å². The summed E-state index contributed by atoms with van der Waals surface area (Å²) in [6.07, 6.45) is 4.12. The van der Waals surface area contributed by atoms with Crippen molar-refractivity contribution in [3.8, 4) is 0 Å². The zero-order valence-electron chi connectivity index (χ0n) is 9.11. The van der Waals surface area contributed by atoms with Gasteiger partial charge in [-0.25, -0.2) is 4.98 Å². The van der Waals surface area contributed by atoms with Gasteiger partial charge in [0.15, 0.2) is 0 Å². The van der Waals surface area contributed by atoms with E-state index >= 15 is 0 Å². The molecule has 0 spiro atoms. The van der Waals surface area contributed by atoms with Crippen LogP contribution in [0.5, 0.6) is 0 Å². The molecule has 1 aromatic heterocycles. The van der Waals surface area contributed by atoms with E-state index in [1.807, 2.05) is 19.1 Å². The Morgan fingerprint density at radius 2 is 2.44 bits per heavy atom. The van der Waals surface area contributed by atoms with Crippen LogP contribution < -0.4 is 4.90 Å². The number of amides is 1. The maximum atomic E-state index is 11.9. The molecule has 84 valence electrons. The largest absolute Gasteiger partial charge is 0.309 e. The molecule has 1 aliphatic heterocycles. The highest BCUT2D eigenvalue weighted by atomic mass is 79.9. The molecule has 0 saturated carbocycles. The van der Waals surface area contributed by atoms with Crippen LogP contribution in [-0.2, 0) is 4.79 Å². The molecule has 2 rings (SSSR count). The molecule has 4 heteroatoms. The van der Waals surface area contributed by atoms with E-state index in [-0.39, 0.29) is 11.8 Å². The van der Waals surface area contributed by atoms with Crippen molar-refractivity contribution in [3.05, 3.63) is 35.1 Å². The third kappa shape index (κ3) is 1.89. The van der Waals surface area contributed by atoms with Gasteiger partial charge in [0.25, 0.3) is 0 Å². The number of aryl methyl sites for hydroxylation is 1. The first-order valence-electron chi connectivity index (χ1n) is 5.17. The molecule has 1 amide bonds. The second-order valence-electron chi connectivity index (χ2n) is 3.97. The monoisotopic (exact) mass is 280 g/mol. The molecule has 2 heterocycles. The second kappa shape index (κ2) is 4.37. The highest BCUT2D eigenvalue weighted by molar-refractivity contribution is 9.10. The summed E-state index contributed by atoms with van der Waals surface area (Å²) in [5.74, 6) is 0.390. The summed E-state index contributed by atoms with van der Waals surface area (Å²) < 4.78 is 0.727. The Morgan fingerprint density at radius 3 is 3.00 bits per heavy atom. The SMILES string of the molecule is C=CC1CC(=O)N(c2c(C)ccnc2Br)C1. The molecule has 1 fully saturated rings. The number of carbonyl (C=O) groups excluding carboxylic acids is 1. The van der Waals surface area contributed by atoms with E-state index in [4.69, 9.17) is 0 Å². The van der Waals surface area contributed by atoms with Crippen molar-refractivity contribution in [2.45, 2.75) is 13.3 Å². The number of nitrogens with zero attached hydrogens (tertiary/aromatic N) is 2. The fourth-order valence-corrected chi connectivity index (χ4v) is 2.60. The van der Waals surface area contributed by atoms with E-state index in [2.05, 4.69) is 27.5 Å². The van der Waals surface area contributed by atoms with Gasteiger partial charge in [-0.05, 0) is 34.5 Å². The van der Waals surface area contributed by atoms with Gasteiger partial charge in [-0.3, -0.25) is 4.79 Å². The topological polar surface area (TPSA) is 33.2 Å². The van der Waals surface area contributed by atoms with E-state index in [0.29, 0.717) is 13.0 Å².